The number of rotatable bonds is 5. The van der Waals surface area contributed by atoms with Gasteiger partial charge in [-0.05, 0) is 40.2 Å². The Bertz CT molecular complexity index is 367. The fraction of sp³-hybridized carbons (Fsp3) is 0.769. The minimum atomic E-state index is 0.451. The summed E-state index contributed by atoms with van der Waals surface area (Å²) in [6, 6.07) is 0. The molecule has 1 unspecified atom stereocenters. The molecule has 0 amide bonds. The molecule has 0 spiro atoms. The van der Waals surface area contributed by atoms with Gasteiger partial charge in [-0.15, -0.1) is 0 Å². The van der Waals surface area contributed by atoms with Crippen molar-refractivity contribution in [2.24, 2.45) is 0 Å². The number of hydrogen-bond donors (Lipinski definition) is 1. The molecule has 2 rings (SSSR count). The minimum Gasteiger partial charge on any atom is -0.378 e. The van der Waals surface area contributed by atoms with E-state index in [1.54, 1.807) is 0 Å². The van der Waals surface area contributed by atoms with Crippen molar-refractivity contribution in [1.82, 2.24) is 15.1 Å². The predicted molar refractivity (Wildman–Crippen MR) is 68.1 cm³/mol. The fourth-order valence-corrected chi connectivity index (χ4v) is 2.52. The van der Waals surface area contributed by atoms with Gasteiger partial charge in [0.1, 0.15) is 0 Å². The van der Waals surface area contributed by atoms with Gasteiger partial charge in [-0.1, -0.05) is 0 Å². The molecule has 1 N–H and O–H groups in total. The van der Waals surface area contributed by atoms with Gasteiger partial charge in [0.2, 0.25) is 0 Å². The number of aromatic nitrogens is 2. The summed E-state index contributed by atoms with van der Waals surface area (Å²) in [6.07, 6.45) is 3.96. The second-order valence-corrected chi connectivity index (χ2v) is 4.83. The first-order chi connectivity index (χ1) is 8.22. The first-order valence-electron chi connectivity index (χ1n) is 6.51. The van der Waals surface area contributed by atoms with E-state index in [9.17, 15) is 0 Å². The molecule has 1 aliphatic heterocycles. The highest BCUT2D eigenvalue weighted by atomic mass is 16.5. The summed E-state index contributed by atoms with van der Waals surface area (Å²) in [4.78, 5) is 0. The Hall–Kier alpha value is -0.870. The van der Waals surface area contributed by atoms with Crippen molar-refractivity contribution < 1.29 is 4.74 Å². The van der Waals surface area contributed by atoms with E-state index in [4.69, 9.17) is 4.74 Å². The normalized spacial score (nSPS) is 20.1. The van der Waals surface area contributed by atoms with E-state index in [0.717, 1.165) is 31.8 Å². The van der Waals surface area contributed by atoms with Gasteiger partial charge in [-0.25, -0.2) is 0 Å². The van der Waals surface area contributed by atoms with E-state index >= 15 is 0 Å². The van der Waals surface area contributed by atoms with Crippen LogP contribution in [0.25, 0.3) is 0 Å². The van der Waals surface area contributed by atoms with Gasteiger partial charge < -0.3 is 10.1 Å². The van der Waals surface area contributed by atoms with Crippen molar-refractivity contribution in [2.75, 3.05) is 13.7 Å². The molecular formula is C13H23N3O. The highest BCUT2D eigenvalue weighted by molar-refractivity contribution is 5.24. The van der Waals surface area contributed by atoms with Crippen LogP contribution in [0.15, 0.2) is 0 Å². The molecule has 4 heteroatoms. The van der Waals surface area contributed by atoms with Crippen LogP contribution in [0.1, 0.15) is 36.2 Å². The lowest BCUT2D eigenvalue weighted by atomic mass is 10.2. The number of ether oxygens (including phenoxy) is 1. The van der Waals surface area contributed by atoms with Gasteiger partial charge in [0, 0.05) is 31.0 Å². The van der Waals surface area contributed by atoms with Crippen molar-refractivity contribution in [3.63, 3.8) is 0 Å². The summed E-state index contributed by atoms with van der Waals surface area (Å²) in [7, 11) is 1.97. The Morgan fingerprint density at radius 1 is 1.47 bits per heavy atom. The molecule has 17 heavy (non-hydrogen) atoms. The third-order valence-corrected chi connectivity index (χ3v) is 3.57. The van der Waals surface area contributed by atoms with E-state index in [1.807, 2.05) is 7.05 Å². The van der Waals surface area contributed by atoms with E-state index in [0.29, 0.717) is 6.10 Å². The van der Waals surface area contributed by atoms with Crippen molar-refractivity contribution in [3.05, 3.63) is 17.0 Å². The molecule has 0 aliphatic carbocycles. The van der Waals surface area contributed by atoms with Crippen LogP contribution in [0.2, 0.25) is 0 Å². The molecule has 0 radical (unpaired) electrons. The first-order valence-corrected chi connectivity index (χ1v) is 6.51. The van der Waals surface area contributed by atoms with Crippen molar-refractivity contribution in [1.29, 1.82) is 0 Å². The Labute approximate surface area is 103 Å². The van der Waals surface area contributed by atoms with Crippen molar-refractivity contribution in [2.45, 2.75) is 52.3 Å². The Morgan fingerprint density at radius 2 is 2.29 bits per heavy atom. The summed E-state index contributed by atoms with van der Waals surface area (Å²) < 4.78 is 7.77. The lowest BCUT2D eigenvalue weighted by Crippen LogP contribution is -2.12. The number of nitrogens with one attached hydrogen (secondary N) is 1. The van der Waals surface area contributed by atoms with Crippen LogP contribution in [0, 0.1) is 13.8 Å². The Balaban J connectivity index is 1.97. The second kappa shape index (κ2) is 5.65. The summed E-state index contributed by atoms with van der Waals surface area (Å²) in [5.74, 6) is 0. The molecule has 1 aliphatic rings. The third kappa shape index (κ3) is 2.87. The second-order valence-electron chi connectivity index (χ2n) is 4.83. The standard InChI is InChI=1S/C13H23N3O/c1-10-13(9-14-3)11(2)16(15-10)7-6-12-5-4-8-17-12/h12,14H,4-9H2,1-3H3. The van der Waals surface area contributed by atoms with Crippen LogP contribution in [0.5, 0.6) is 0 Å². The molecular weight excluding hydrogens is 214 g/mol. The van der Waals surface area contributed by atoms with Crippen molar-refractivity contribution in [3.8, 4) is 0 Å². The maximum Gasteiger partial charge on any atom is 0.0641 e. The van der Waals surface area contributed by atoms with Gasteiger partial charge >= 0.3 is 0 Å². The van der Waals surface area contributed by atoms with Crippen LogP contribution in [-0.2, 0) is 17.8 Å². The first kappa shape index (κ1) is 12.6. The van der Waals surface area contributed by atoms with Crippen LogP contribution >= 0.6 is 0 Å². The van der Waals surface area contributed by atoms with Crippen LogP contribution in [-0.4, -0.2) is 29.5 Å². The smallest absolute Gasteiger partial charge is 0.0641 e. The zero-order valence-corrected chi connectivity index (χ0v) is 11.1. The molecule has 1 saturated heterocycles. The predicted octanol–water partition coefficient (Wildman–Crippen LogP) is 1.79. The molecule has 4 nitrogen and oxygen atoms in total. The number of hydrogen-bond acceptors (Lipinski definition) is 3. The van der Waals surface area contributed by atoms with Crippen LogP contribution in [0.3, 0.4) is 0 Å². The lowest BCUT2D eigenvalue weighted by molar-refractivity contribution is 0.0992. The quantitative estimate of drug-likeness (QED) is 0.848. The Morgan fingerprint density at radius 3 is 2.94 bits per heavy atom. The minimum absolute atomic E-state index is 0.451. The van der Waals surface area contributed by atoms with Gasteiger partial charge in [-0.2, -0.15) is 5.10 Å². The summed E-state index contributed by atoms with van der Waals surface area (Å²) in [5.41, 5.74) is 3.76. The largest absolute Gasteiger partial charge is 0.378 e. The summed E-state index contributed by atoms with van der Waals surface area (Å²) >= 11 is 0. The monoisotopic (exact) mass is 237 g/mol. The zero-order valence-electron chi connectivity index (χ0n) is 11.1. The van der Waals surface area contributed by atoms with E-state index in [-0.39, 0.29) is 0 Å². The lowest BCUT2D eigenvalue weighted by Gasteiger charge is -2.10. The molecule has 1 aromatic rings. The van der Waals surface area contributed by atoms with Crippen LogP contribution in [0.4, 0.5) is 0 Å². The average Bonchev–Trinajstić information content (AvgIpc) is 2.90. The molecule has 0 saturated carbocycles. The van der Waals surface area contributed by atoms with Crippen LogP contribution < -0.4 is 5.32 Å². The molecule has 2 heterocycles. The third-order valence-electron chi connectivity index (χ3n) is 3.57. The fourth-order valence-electron chi connectivity index (χ4n) is 2.52. The highest BCUT2D eigenvalue weighted by Gasteiger charge is 2.17. The zero-order chi connectivity index (χ0) is 12.3. The van der Waals surface area contributed by atoms with E-state index < -0.39 is 0 Å². The molecule has 1 aromatic heterocycles. The molecule has 96 valence electrons. The Kier molecular flexibility index (Phi) is 4.18. The topological polar surface area (TPSA) is 39.1 Å². The summed E-state index contributed by atoms with van der Waals surface area (Å²) in [6.45, 7) is 7.05. The molecule has 1 atom stereocenters. The van der Waals surface area contributed by atoms with E-state index in [2.05, 4.69) is 28.9 Å². The van der Waals surface area contributed by atoms with Gasteiger partial charge in [0.25, 0.3) is 0 Å². The van der Waals surface area contributed by atoms with Gasteiger partial charge in [-0.3, -0.25) is 4.68 Å². The molecule has 0 aromatic carbocycles. The maximum atomic E-state index is 5.65. The SMILES string of the molecule is CNCc1c(C)nn(CCC2CCCO2)c1C. The molecule has 0 bridgehead atoms. The van der Waals surface area contributed by atoms with E-state index in [1.165, 1.54) is 24.1 Å². The number of nitrogens with zero attached hydrogens (tertiary/aromatic N) is 2. The van der Waals surface area contributed by atoms with Crippen molar-refractivity contribution >= 4 is 0 Å². The maximum absolute atomic E-state index is 5.65. The number of aryl methyl sites for hydroxylation is 2. The van der Waals surface area contributed by atoms with Gasteiger partial charge in [0.15, 0.2) is 0 Å². The van der Waals surface area contributed by atoms with Gasteiger partial charge in [0.05, 0.1) is 11.8 Å². The molecule has 1 fully saturated rings. The highest BCUT2D eigenvalue weighted by Crippen LogP contribution is 2.18. The average molecular weight is 237 g/mol. The summed E-state index contributed by atoms with van der Waals surface area (Å²) in [5, 5.41) is 7.81.